The van der Waals surface area contributed by atoms with E-state index in [1.807, 2.05) is 0 Å². The number of carbonyl (C=O) groups is 16. The number of carbonyl (C=O) groups excluding carboxylic acids is 15. The van der Waals surface area contributed by atoms with Crippen LogP contribution >= 0.6 is 12.6 Å². The van der Waals surface area contributed by atoms with Crippen molar-refractivity contribution in [2.45, 2.75) is 171 Å². The first-order valence-electron chi connectivity index (χ1n) is 40.3. The molecule has 0 saturated carbocycles. The molecule has 0 radical (unpaired) electrons. The number of nitrogens with one attached hydrogen (secondary N) is 13. The van der Waals surface area contributed by atoms with E-state index in [0.29, 0.717) is 51.8 Å². The first kappa shape index (κ1) is 99.1. The molecule has 0 bridgehead atoms. The van der Waals surface area contributed by atoms with Gasteiger partial charge in [-0.2, -0.15) is 12.6 Å². The third-order valence-electron chi connectivity index (χ3n) is 20.7. The van der Waals surface area contributed by atoms with Gasteiger partial charge in [0.05, 0.1) is 38.2 Å². The average Bonchev–Trinajstić information content (AvgIpc) is 1.79. The monoisotopic (exact) mass is 1730 g/mol. The lowest BCUT2D eigenvalue weighted by molar-refractivity contribution is -0.150. The molecular weight excluding hydrogens is 1610 g/mol. The maximum atomic E-state index is 15.0. The standard InChI is InChI=1S/C83H116N20O19S/c1-47(2)70(87-5)77(117)96-58(32-33-69(110)111)78(118)99(6)45-68(109)95-61(38-52-28-30-54(105)31-29-52)79(119)101(8)63(39-50-20-12-10-13-21-50)80(120)100(7)46-67(108)93-57(26-18-34-89-83(85)86)73(113)97-60(42-65(84)106)74(114)92-48(3)72(112)91-44-66(107)94-59(41-53-43-90-56-25-17-16-24-55(53)56)75(115)98-71(49(4)104)82(122)102(9)64(40-51-22-14-11-15-23-51)81(121)103-36-19-27-62(103)76(116)88-35-37-123/h10-17,20-25,28-31,43,47-49,57-64,70-71,87,90,104-105,123H,18-19,26-27,32-42,44-46H2,1-9H3,(H2,84,106)(H,88,116)(H,91,112)(H,92,114)(H,93,108)(H,94,107)(H,95,109)(H,96,117)(H,97,113)(H,98,115)(H,110,111)(H4,85,86,89)/t48-,49+,57-,58-,59-,60-,61-,62-,63-,64-,70?,71-/m0/s1. The number of amides is 15. The second-order valence-electron chi connectivity index (χ2n) is 30.6. The number of phenols is 1. The van der Waals surface area contributed by atoms with E-state index in [4.69, 9.17) is 16.9 Å². The lowest BCUT2D eigenvalue weighted by Gasteiger charge is -2.36. The smallest absolute Gasteiger partial charge is 0.303 e. The van der Waals surface area contributed by atoms with Crippen molar-refractivity contribution < 1.29 is 92.0 Å². The zero-order valence-corrected chi connectivity index (χ0v) is 71.3. The maximum absolute atomic E-state index is 15.0. The van der Waals surface area contributed by atoms with Gasteiger partial charge in [-0.15, -0.1) is 0 Å². The first-order chi connectivity index (χ1) is 58.3. The highest BCUT2D eigenvalue weighted by atomic mass is 32.1. The number of likely N-dealkylation sites (N-methyl/N-ethyl adjacent to an activating group) is 5. The van der Waals surface area contributed by atoms with Crippen LogP contribution in [0, 0.1) is 11.3 Å². The highest BCUT2D eigenvalue weighted by Gasteiger charge is 2.43. The summed E-state index contributed by atoms with van der Waals surface area (Å²) in [6.45, 7) is 4.05. The van der Waals surface area contributed by atoms with E-state index in [1.165, 1.54) is 71.2 Å². The van der Waals surface area contributed by atoms with Crippen LogP contribution in [-0.4, -0.2) is 298 Å². The Balaban J connectivity index is 1.16. The molecule has 1 saturated heterocycles. The number of thiol groups is 1. The van der Waals surface area contributed by atoms with Gasteiger partial charge in [-0.05, 0) is 99.4 Å². The number of nitrogens with two attached hydrogens (primary N) is 2. The number of benzene rings is 4. The number of carboxylic acid groups (broad SMARTS) is 1. The molecule has 4 aromatic carbocycles. The van der Waals surface area contributed by atoms with Gasteiger partial charge in [-0.25, -0.2) is 0 Å². The third-order valence-corrected chi connectivity index (χ3v) is 20.9. The number of hydrogen-bond donors (Lipinski definition) is 19. The summed E-state index contributed by atoms with van der Waals surface area (Å²) in [5.41, 5.74) is 13.9. The van der Waals surface area contributed by atoms with Crippen LogP contribution in [0.2, 0.25) is 0 Å². The van der Waals surface area contributed by atoms with E-state index in [0.717, 1.165) is 19.6 Å². The molecule has 1 aliphatic heterocycles. The molecule has 0 spiro atoms. The first-order valence-corrected chi connectivity index (χ1v) is 40.9. The van der Waals surface area contributed by atoms with E-state index < -0.39 is 200 Å². The summed E-state index contributed by atoms with van der Waals surface area (Å²) in [7, 11) is 6.65. The number of guanidine groups is 1. The molecule has 40 heteroatoms. The predicted octanol–water partition coefficient (Wildman–Crippen LogP) is -3.09. The normalized spacial score (nSPS) is 15.0. The number of para-hydroxylation sites is 1. The van der Waals surface area contributed by atoms with Crippen LogP contribution in [0.1, 0.15) is 94.9 Å². The van der Waals surface area contributed by atoms with Gasteiger partial charge in [-0.1, -0.05) is 105 Å². The average molecular weight is 1730 g/mol. The summed E-state index contributed by atoms with van der Waals surface area (Å²) in [6, 6.07) is 14.5. The second-order valence-corrected chi connectivity index (χ2v) is 31.0. The minimum Gasteiger partial charge on any atom is -0.508 e. The predicted molar refractivity (Wildman–Crippen MR) is 455 cm³/mol. The summed E-state index contributed by atoms with van der Waals surface area (Å²) in [4.78, 5) is 232. The van der Waals surface area contributed by atoms with Crippen LogP contribution in [0.15, 0.2) is 115 Å². The van der Waals surface area contributed by atoms with Crippen molar-refractivity contribution in [2.24, 2.45) is 17.4 Å². The lowest BCUT2D eigenvalue weighted by Crippen LogP contribution is -2.61. The summed E-state index contributed by atoms with van der Waals surface area (Å²) < 4.78 is 0. The van der Waals surface area contributed by atoms with Crippen LogP contribution in [0.3, 0.4) is 0 Å². The Morgan fingerprint density at radius 3 is 1.70 bits per heavy atom. The van der Waals surface area contributed by atoms with Crippen LogP contribution in [0.5, 0.6) is 5.75 Å². The number of hydrogen-bond acceptors (Lipinski definition) is 21. The van der Waals surface area contributed by atoms with Crippen molar-refractivity contribution in [3.8, 4) is 5.75 Å². The number of carboxylic acids is 1. The number of aliphatic hydroxyl groups is 1. The molecule has 1 aromatic heterocycles. The third kappa shape index (κ3) is 30.7. The molecule has 6 rings (SSSR count). The Labute approximate surface area is 718 Å². The number of fused-ring (bicyclic) bond motifs is 1. The summed E-state index contributed by atoms with van der Waals surface area (Å²) >= 11 is 4.18. The van der Waals surface area contributed by atoms with Crippen LogP contribution in [0.4, 0.5) is 0 Å². The Morgan fingerprint density at radius 1 is 0.561 bits per heavy atom. The van der Waals surface area contributed by atoms with Gasteiger partial charge in [0.1, 0.15) is 66.2 Å². The van der Waals surface area contributed by atoms with Gasteiger partial charge in [0.15, 0.2) is 5.96 Å². The van der Waals surface area contributed by atoms with Crippen LogP contribution in [0.25, 0.3) is 10.9 Å². The molecule has 668 valence electrons. The highest BCUT2D eigenvalue weighted by molar-refractivity contribution is 7.80. The summed E-state index contributed by atoms with van der Waals surface area (Å²) in [6.07, 6.45) is -1.75. The number of nitrogens with zero attached hydrogens (tertiary/aromatic N) is 5. The fourth-order valence-corrected chi connectivity index (χ4v) is 14.1. The topological polar surface area (TPSA) is 574 Å². The fraction of sp³-hybridized carbons (Fsp3) is 0.482. The highest BCUT2D eigenvalue weighted by Crippen LogP contribution is 2.25. The zero-order chi connectivity index (χ0) is 90.9. The molecule has 39 nitrogen and oxygen atoms in total. The Kier molecular flexibility index (Phi) is 39.2. The quantitative estimate of drug-likeness (QED) is 0.00794. The molecule has 12 atom stereocenters. The van der Waals surface area contributed by atoms with Gasteiger partial charge in [0, 0.05) is 103 Å². The van der Waals surface area contributed by atoms with E-state index in [-0.39, 0.29) is 82.2 Å². The van der Waals surface area contributed by atoms with Gasteiger partial charge in [0.25, 0.3) is 0 Å². The summed E-state index contributed by atoms with van der Waals surface area (Å²) in [5.74, 6) is -14.8. The summed E-state index contributed by atoms with van der Waals surface area (Å²) in [5, 5.41) is 67.5. The lowest BCUT2D eigenvalue weighted by atomic mass is 10.0. The molecule has 5 aromatic rings. The molecule has 15 amide bonds. The number of aromatic hydroxyl groups is 1. The minimum atomic E-state index is -1.84. The van der Waals surface area contributed by atoms with E-state index >= 15 is 4.79 Å². The van der Waals surface area contributed by atoms with Crippen molar-refractivity contribution >= 4 is 124 Å². The maximum Gasteiger partial charge on any atom is 0.303 e. The molecule has 123 heavy (non-hydrogen) atoms. The Morgan fingerprint density at radius 2 is 1.11 bits per heavy atom. The van der Waals surface area contributed by atoms with Crippen molar-refractivity contribution in [1.82, 2.24) is 88.0 Å². The van der Waals surface area contributed by atoms with Crippen molar-refractivity contribution in [1.29, 1.82) is 5.41 Å². The molecular formula is C83H116N20O19S. The molecule has 1 aliphatic rings. The number of aromatic amines is 1. The van der Waals surface area contributed by atoms with E-state index in [2.05, 4.69) is 76.1 Å². The number of aliphatic carboxylic acids is 1. The van der Waals surface area contributed by atoms with Crippen LogP contribution in [-0.2, 0) is 102 Å². The second kappa shape index (κ2) is 48.7. The van der Waals surface area contributed by atoms with Crippen molar-refractivity contribution in [2.75, 3.05) is 80.3 Å². The molecule has 1 unspecified atom stereocenters. The Bertz CT molecular complexity index is 4520. The number of rotatable bonds is 48. The number of phenolic OH excluding ortho intramolecular Hbond substituents is 1. The molecule has 0 aliphatic carbocycles. The van der Waals surface area contributed by atoms with Gasteiger partial charge in [0.2, 0.25) is 88.6 Å². The number of aromatic nitrogens is 1. The molecule has 20 N–H and O–H groups in total. The van der Waals surface area contributed by atoms with Crippen LogP contribution < -0.4 is 70.0 Å². The number of aliphatic hydroxyl groups excluding tert-OH is 1. The van der Waals surface area contributed by atoms with E-state index in [9.17, 15) is 87.2 Å². The SMILES string of the molecule is CNC(C(=O)N[C@@H](CCC(=O)O)C(=O)N(C)CC(=O)N[C@@H](Cc1ccc(O)cc1)C(=O)N(C)[C@@H](Cc1ccccc1)C(=O)N(C)CC(=O)N[C@@H](CCCNC(=N)N)C(=O)N[C@@H](CC(N)=O)C(=O)N[C@@H](C)C(=O)NCC(=O)N[C@@H](Cc1c[nH]c2ccccc12)C(=O)N[C@H](C(=O)N(C)[C@@H](Cc1ccccc1)C(=O)N1CCC[C@H]1C(=O)NCCS)[C@@H](C)O)C(C)C. The fourth-order valence-electron chi connectivity index (χ4n) is 14.0. The van der Waals surface area contributed by atoms with Crippen molar-refractivity contribution in [3.05, 3.63) is 138 Å². The Hall–Kier alpha value is -12.7. The van der Waals surface area contributed by atoms with Crippen molar-refractivity contribution in [3.63, 3.8) is 0 Å². The minimum absolute atomic E-state index is 0.0144. The number of primary amides is 1. The van der Waals surface area contributed by atoms with Gasteiger partial charge < -0.3 is 115 Å². The largest absolute Gasteiger partial charge is 0.508 e. The number of H-pyrrole nitrogens is 1. The number of likely N-dealkylation sites (tertiary alicyclic amines) is 1. The zero-order valence-electron chi connectivity index (χ0n) is 70.4. The van der Waals surface area contributed by atoms with Gasteiger partial charge >= 0.3 is 5.97 Å². The van der Waals surface area contributed by atoms with Gasteiger partial charge in [-0.3, -0.25) is 82.1 Å². The molecule has 1 fully saturated rings. The van der Waals surface area contributed by atoms with E-state index in [1.54, 1.807) is 112 Å². The molecule has 2 heterocycles.